The molecule has 64 heavy (non-hydrogen) atoms. The maximum absolute atomic E-state index is 6.34. The second kappa shape index (κ2) is 19.4. The van der Waals surface area contributed by atoms with E-state index in [1.54, 1.807) is 0 Å². The number of para-hydroxylation sites is 2. The third-order valence-electron chi connectivity index (χ3n) is 12.4. The van der Waals surface area contributed by atoms with E-state index >= 15 is 0 Å². The molecule has 10 aromatic rings. The summed E-state index contributed by atoms with van der Waals surface area (Å²) in [5.74, 6) is 1.71. The van der Waals surface area contributed by atoms with E-state index in [1.165, 1.54) is 79.9 Å². The Morgan fingerprint density at radius 2 is 0.656 bits per heavy atom. The molecule has 0 atom stereocenters. The summed E-state index contributed by atoms with van der Waals surface area (Å²) in [6.45, 7) is 1.39. The number of benzene rings is 8. The van der Waals surface area contributed by atoms with Crippen LogP contribution in [0.4, 0.5) is 0 Å². The van der Waals surface area contributed by atoms with E-state index < -0.39 is 0 Å². The molecule has 2 aromatic heterocycles. The number of unbranched alkanes of at least 4 members (excludes halogenated alkanes) is 7. The van der Waals surface area contributed by atoms with Crippen LogP contribution in [-0.2, 0) is 0 Å². The van der Waals surface area contributed by atoms with Crippen LogP contribution in [0.15, 0.2) is 170 Å². The minimum atomic E-state index is 0.697. The first-order valence-electron chi connectivity index (χ1n) is 23.0. The van der Waals surface area contributed by atoms with Crippen LogP contribution in [0.25, 0.3) is 89.2 Å². The fourth-order valence-electron chi connectivity index (χ4n) is 9.11. The summed E-state index contributed by atoms with van der Waals surface area (Å²) in [5, 5.41) is 12.1. The fourth-order valence-corrected chi connectivity index (χ4v) is 9.11. The van der Waals surface area contributed by atoms with Gasteiger partial charge in [0.1, 0.15) is 22.5 Å². The van der Waals surface area contributed by atoms with Crippen molar-refractivity contribution in [3.8, 4) is 11.5 Å². The molecule has 4 nitrogen and oxygen atoms in total. The van der Waals surface area contributed by atoms with Crippen LogP contribution in [0.2, 0.25) is 0 Å². The highest BCUT2D eigenvalue weighted by Crippen LogP contribution is 2.33. The Kier molecular flexibility index (Phi) is 12.3. The highest BCUT2D eigenvalue weighted by molar-refractivity contribution is 6.09. The summed E-state index contributed by atoms with van der Waals surface area (Å²) in [7, 11) is 0. The lowest BCUT2D eigenvalue weighted by Crippen LogP contribution is -1.99. The summed E-state index contributed by atoms with van der Waals surface area (Å²) < 4.78 is 12.7. The molecule has 0 spiro atoms. The molecule has 8 aromatic carbocycles. The van der Waals surface area contributed by atoms with Gasteiger partial charge in [0.05, 0.1) is 24.6 Å². The molecular formula is C60H52N2O2. The zero-order valence-electron chi connectivity index (χ0n) is 36.3. The average Bonchev–Trinajstić information content (AvgIpc) is 3.34. The van der Waals surface area contributed by atoms with E-state index in [2.05, 4.69) is 182 Å². The number of ether oxygens (including phenoxy) is 2. The third-order valence-corrected chi connectivity index (χ3v) is 12.4. The first-order chi connectivity index (χ1) is 31.7. The van der Waals surface area contributed by atoms with Crippen molar-refractivity contribution in [2.75, 3.05) is 13.2 Å². The zero-order valence-corrected chi connectivity index (χ0v) is 36.3. The maximum atomic E-state index is 6.34. The van der Waals surface area contributed by atoms with Crippen LogP contribution < -0.4 is 9.47 Å². The molecule has 0 saturated carbocycles. The fraction of sp³-hybridized carbons (Fsp3) is 0.167. The molecule has 0 radical (unpaired) electrons. The average molecular weight is 833 g/mol. The van der Waals surface area contributed by atoms with Gasteiger partial charge in [-0.15, -0.1) is 0 Å². The van der Waals surface area contributed by atoms with Crippen LogP contribution >= 0.6 is 0 Å². The van der Waals surface area contributed by atoms with Crippen molar-refractivity contribution in [1.29, 1.82) is 0 Å². The second-order valence-electron chi connectivity index (χ2n) is 16.8. The van der Waals surface area contributed by atoms with Gasteiger partial charge in [-0.25, -0.2) is 9.97 Å². The Morgan fingerprint density at radius 1 is 0.312 bits per heavy atom. The smallest absolute Gasteiger partial charge is 0.145 e. The van der Waals surface area contributed by atoms with Crippen molar-refractivity contribution in [1.82, 2.24) is 9.97 Å². The van der Waals surface area contributed by atoms with Gasteiger partial charge < -0.3 is 9.47 Å². The standard InChI is InChI=1S/C60H52N2O2/c1(3-5-15-39-63-57-29-17-23-43-31-33-49(61-59(43)57)35-37-55-51-25-11-7-19-45(51)41-46-20-8-12-26-52(46)55)2-4-6-16-40-64-58-30-18-24-44-32-34-50(62-60(44)58)36-38-56-53-27-13-9-21-47(53)42-48-22-10-14-28-54(48)56/h7-14,17-38,41-42H,1-6,15-16,39-40H2/b37-35+,38-36+. The molecule has 0 unspecified atom stereocenters. The van der Waals surface area contributed by atoms with E-state index in [0.717, 1.165) is 70.4 Å². The molecule has 0 amide bonds. The Labute approximate surface area is 375 Å². The molecule has 0 fully saturated rings. The van der Waals surface area contributed by atoms with E-state index in [4.69, 9.17) is 19.4 Å². The number of pyridine rings is 2. The minimum absolute atomic E-state index is 0.697. The lowest BCUT2D eigenvalue weighted by molar-refractivity contribution is 0.304. The molecule has 0 saturated heterocycles. The molecular weight excluding hydrogens is 781 g/mol. The Morgan fingerprint density at radius 3 is 1.05 bits per heavy atom. The van der Waals surface area contributed by atoms with E-state index in [9.17, 15) is 0 Å². The molecule has 0 N–H and O–H groups in total. The first-order valence-corrected chi connectivity index (χ1v) is 23.0. The molecule has 0 aliphatic rings. The van der Waals surface area contributed by atoms with E-state index in [-0.39, 0.29) is 0 Å². The molecule has 314 valence electrons. The highest BCUT2D eigenvalue weighted by atomic mass is 16.5. The number of aromatic nitrogens is 2. The summed E-state index contributed by atoms with van der Waals surface area (Å²) >= 11 is 0. The van der Waals surface area contributed by atoms with Gasteiger partial charge in [0, 0.05) is 10.8 Å². The van der Waals surface area contributed by atoms with Crippen LogP contribution in [0.1, 0.15) is 73.9 Å². The highest BCUT2D eigenvalue weighted by Gasteiger charge is 2.10. The Hall–Kier alpha value is -7.30. The zero-order chi connectivity index (χ0) is 42.9. The summed E-state index contributed by atoms with van der Waals surface area (Å²) in [4.78, 5) is 10.1. The van der Waals surface area contributed by atoms with Gasteiger partial charge in [0.15, 0.2) is 0 Å². The topological polar surface area (TPSA) is 44.2 Å². The Balaban J connectivity index is 0.671. The van der Waals surface area contributed by atoms with Gasteiger partial charge in [-0.3, -0.25) is 0 Å². The van der Waals surface area contributed by atoms with Crippen LogP contribution in [-0.4, -0.2) is 23.2 Å². The lowest BCUT2D eigenvalue weighted by atomic mass is 9.96. The van der Waals surface area contributed by atoms with Gasteiger partial charge in [0.2, 0.25) is 0 Å². The van der Waals surface area contributed by atoms with Gasteiger partial charge in [-0.1, -0.05) is 184 Å². The maximum Gasteiger partial charge on any atom is 0.145 e. The molecule has 0 aliphatic heterocycles. The van der Waals surface area contributed by atoms with Crippen molar-refractivity contribution in [2.45, 2.75) is 51.4 Å². The summed E-state index contributed by atoms with van der Waals surface area (Å²) in [6.07, 6.45) is 18.0. The number of fused-ring (bicyclic) bond motifs is 6. The van der Waals surface area contributed by atoms with Crippen LogP contribution in [0.5, 0.6) is 11.5 Å². The van der Waals surface area contributed by atoms with Crippen molar-refractivity contribution >= 4 is 89.2 Å². The van der Waals surface area contributed by atoms with Crippen molar-refractivity contribution < 1.29 is 9.47 Å². The summed E-state index contributed by atoms with van der Waals surface area (Å²) in [5.41, 5.74) is 6.10. The quantitative estimate of drug-likeness (QED) is 0.0677. The number of hydrogen-bond donors (Lipinski definition) is 0. The third kappa shape index (κ3) is 9.09. The molecule has 10 rings (SSSR count). The number of rotatable bonds is 17. The first kappa shape index (κ1) is 40.8. The van der Waals surface area contributed by atoms with Gasteiger partial charge in [0.25, 0.3) is 0 Å². The van der Waals surface area contributed by atoms with Gasteiger partial charge in [-0.05, 0) is 116 Å². The second-order valence-corrected chi connectivity index (χ2v) is 16.8. The van der Waals surface area contributed by atoms with Crippen LogP contribution in [0, 0.1) is 0 Å². The molecule has 0 aliphatic carbocycles. The summed E-state index contributed by atoms with van der Waals surface area (Å²) in [6, 6.07) is 59.8. The number of hydrogen-bond acceptors (Lipinski definition) is 4. The SMILES string of the molecule is C(=C\c1c2ccccc2cc2ccccc12)/c1ccc2cccc(OCCCCCCCCCCOc3cccc4ccc(/C=C/c5c6ccccc6cc6ccccc56)nc34)c2n1. The van der Waals surface area contributed by atoms with Gasteiger partial charge >= 0.3 is 0 Å². The lowest BCUT2D eigenvalue weighted by Gasteiger charge is -2.10. The van der Waals surface area contributed by atoms with Crippen molar-refractivity contribution in [3.05, 3.63) is 192 Å². The van der Waals surface area contributed by atoms with E-state index in [0.29, 0.717) is 13.2 Å². The predicted molar refractivity (Wildman–Crippen MR) is 272 cm³/mol. The Bertz CT molecular complexity index is 2980. The number of nitrogens with zero attached hydrogens (tertiary/aromatic N) is 2. The monoisotopic (exact) mass is 832 g/mol. The normalized spacial score (nSPS) is 11.9. The van der Waals surface area contributed by atoms with Crippen molar-refractivity contribution in [2.24, 2.45) is 0 Å². The van der Waals surface area contributed by atoms with Crippen LogP contribution in [0.3, 0.4) is 0 Å². The predicted octanol–water partition coefficient (Wildman–Crippen LogP) is 16.3. The minimum Gasteiger partial charge on any atom is -0.491 e. The van der Waals surface area contributed by atoms with Gasteiger partial charge in [-0.2, -0.15) is 0 Å². The van der Waals surface area contributed by atoms with E-state index in [1.807, 2.05) is 12.1 Å². The molecule has 4 heteroatoms. The van der Waals surface area contributed by atoms with Crippen molar-refractivity contribution in [3.63, 3.8) is 0 Å². The largest absolute Gasteiger partial charge is 0.491 e. The molecule has 0 bridgehead atoms. The molecule has 2 heterocycles.